The zero-order valence-corrected chi connectivity index (χ0v) is 19.5. The van der Waals surface area contributed by atoms with Crippen molar-refractivity contribution in [2.75, 3.05) is 13.2 Å². The Balaban J connectivity index is 3.08. The van der Waals surface area contributed by atoms with Gasteiger partial charge in [-0.25, -0.2) is 4.79 Å². The minimum atomic E-state index is -0.398. The Morgan fingerprint density at radius 2 is 1.48 bits per heavy atom. The van der Waals surface area contributed by atoms with E-state index in [2.05, 4.69) is 60.3 Å². The number of hydrogen-bond donors (Lipinski definition) is 1. The van der Waals surface area contributed by atoms with Crippen LogP contribution in [0.2, 0.25) is 0 Å². The van der Waals surface area contributed by atoms with E-state index in [-0.39, 0.29) is 17.4 Å². The second kappa shape index (κ2) is 10.8. The van der Waals surface area contributed by atoms with Crippen molar-refractivity contribution < 1.29 is 19.4 Å². The maximum atomic E-state index is 11.4. The monoisotopic (exact) mass is 404 g/mol. The maximum absolute atomic E-state index is 11.4. The Morgan fingerprint density at radius 1 is 1.00 bits per heavy atom. The number of aromatic hydroxyl groups is 1. The van der Waals surface area contributed by atoms with Crippen molar-refractivity contribution in [3.8, 4) is 5.75 Å². The molecule has 0 saturated heterocycles. The molecular formula is C25H40O4. The fraction of sp³-hybridized carbons (Fsp3) is 0.640. The minimum Gasteiger partial charge on any atom is -0.507 e. The number of hydrogen-bond acceptors (Lipinski definition) is 4. The van der Waals surface area contributed by atoms with Gasteiger partial charge in [0.1, 0.15) is 12.4 Å². The first-order valence-electron chi connectivity index (χ1n) is 10.7. The first-order valence-corrected chi connectivity index (χ1v) is 10.7. The third-order valence-electron chi connectivity index (χ3n) is 5.46. The molecular weight excluding hydrogens is 364 g/mol. The SMILES string of the molecule is C=C(C)C(=O)OCCOCc1cc(C(C)(C)CCC)c(O)c(C(C)(C)CCC)c1. The van der Waals surface area contributed by atoms with Gasteiger partial charge in [0.15, 0.2) is 0 Å². The molecule has 164 valence electrons. The first-order chi connectivity index (χ1) is 13.5. The van der Waals surface area contributed by atoms with Crippen LogP contribution in [-0.4, -0.2) is 24.3 Å². The first kappa shape index (κ1) is 25.2. The topological polar surface area (TPSA) is 55.8 Å². The smallest absolute Gasteiger partial charge is 0.333 e. The average Bonchev–Trinajstić information content (AvgIpc) is 2.61. The quantitative estimate of drug-likeness (QED) is 0.257. The number of phenols is 1. The van der Waals surface area contributed by atoms with Gasteiger partial charge in [0.05, 0.1) is 13.2 Å². The lowest BCUT2D eigenvalue weighted by atomic mass is 9.73. The van der Waals surface area contributed by atoms with E-state index in [1.54, 1.807) is 6.92 Å². The minimum absolute atomic E-state index is 0.122. The van der Waals surface area contributed by atoms with Crippen LogP contribution in [0.5, 0.6) is 5.75 Å². The molecule has 0 amide bonds. The Hall–Kier alpha value is -1.81. The fourth-order valence-electron chi connectivity index (χ4n) is 3.84. The summed E-state index contributed by atoms with van der Waals surface area (Å²) in [6, 6.07) is 4.13. The molecule has 29 heavy (non-hydrogen) atoms. The largest absolute Gasteiger partial charge is 0.507 e. The van der Waals surface area contributed by atoms with Gasteiger partial charge in [-0.15, -0.1) is 0 Å². The lowest BCUT2D eigenvalue weighted by molar-refractivity contribution is -0.140. The summed E-state index contributed by atoms with van der Waals surface area (Å²) in [7, 11) is 0. The van der Waals surface area contributed by atoms with E-state index in [0.29, 0.717) is 24.5 Å². The molecule has 0 unspecified atom stereocenters. The van der Waals surface area contributed by atoms with Gasteiger partial charge in [-0.1, -0.05) is 61.0 Å². The van der Waals surface area contributed by atoms with Crippen LogP contribution in [0.4, 0.5) is 0 Å². The third kappa shape index (κ3) is 7.18. The van der Waals surface area contributed by atoms with Gasteiger partial charge in [0.25, 0.3) is 0 Å². The summed E-state index contributed by atoms with van der Waals surface area (Å²) in [6.07, 6.45) is 4.09. The molecule has 0 aliphatic rings. The molecule has 1 aromatic rings. The van der Waals surface area contributed by atoms with Gasteiger partial charge in [-0.3, -0.25) is 0 Å². The fourth-order valence-corrected chi connectivity index (χ4v) is 3.84. The number of esters is 1. The molecule has 0 heterocycles. The molecule has 0 aliphatic carbocycles. The Bertz CT molecular complexity index is 662. The second-order valence-electron chi connectivity index (χ2n) is 9.28. The molecule has 0 bridgehead atoms. The van der Waals surface area contributed by atoms with Gasteiger partial charge in [-0.05, 0) is 48.3 Å². The molecule has 1 N–H and O–H groups in total. The van der Waals surface area contributed by atoms with Crippen LogP contribution in [0.1, 0.15) is 90.8 Å². The van der Waals surface area contributed by atoms with Gasteiger partial charge in [0.2, 0.25) is 0 Å². The molecule has 4 heteroatoms. The van der Waals surface area contributed by atoms with Gasteiger partial charge in [-0.2, -0.15) is 0 Å². The lowest BCUT2D eigenvalue weighted by Crippen LogP contribution is -2.22. The maximum Gasteiger partial charge on any atom is 0.333 e. The van der Waals surface area contributed by atoms with Crippen molar-refractivity contribution in [3.63, 3.8) is 0 Å². The van der Waals surface area contributed by atoms with Crippen molar-refractivity contribution >= 4 is 5.97 Å². The highest BCUT2D eigenvalue weighted by atomic mass is 16.6. The molecule has 0 radical (unpaired) electrons. The second-order valence-corrected chi connectivity index (χ2v) is 9.28. The van der Waals surface area contributed by atoms with Crippen LogP contribution >= 0.6 is 0 Å². The predicted molar refractivity (Wildman–Crippen MR) is 119 cm³/mol. The van der Waals surface area contributed by atoms with E-state index in [1.807, 2.05) is 0 Å². The van der Waals surface area contributed by atoms with E-state index in [1.165, 1.54) is 0 Å². The normalized spacial score (nSPS) is 12.1. The lowest BCUT2D eigenvalue weighted by Gasteiger charge is -2.32. The number of benzene rings is 1. The van der Waals surface area contributed by atoms with Crippen LogP contribution < -0.4 is 0 Å². The number of phenolic OH excluding ortho intramolecular Hbond substituents is 1. The molecule has 0 atom stereocenters. The number of ether oxygens (including phenoxy) is 2. The molecule has 0 aromatic heterocycles. The van der Waals surface area contributed by atoms with Crippen LogP contribution in [0, 0.1) is 0 Å². The third-order valence-corrected chi connectivity index (χ3v) is 5.46. The van der Waals surface area contributed by atoms with Crippen LogP contribution in [0.3, 0.4) is 0 Å². The molecule has 0 aliphatic heterocycles. The van der Waals surface area contributed by atoms with Gasteiger partial charge >= 0.3 is 5.97 Å². The van der Waals surface area contributed by atoms with E-state index in [9.17, 15) is 9.90 Å². The van der Waals surface area contributed by atoms with Crippen molar-refractivity contribution in [2.45, 2.75) is 91.6 Å². The summed E-state index contributed by atoms with van der Waals surface area (Å²) in [5.41, 5.74) is 3.13. The summed E-state index contributed by atoms with van der Waals surface area (Å²) >= 11 is 0. The highest BCUT2D eigenvalue weighted by Gasteiger charge is 2.30. The molecule has 1 aromatic carbocycles. The summed E-state index contributed by atoms with van der Waals surface area (Å²) in [5, 5.41) is 11.2. The summed E-state index contributed by atoms with van der Waals surface area (Å²) in [4.78, 5) is 11.4. The Labute approximate surface area is 177 Å². The highest BCUT2D eigenvalue weighted by molar-refractivity contribution is 5.86. The summed E-state index contributed by atoms with van der Waals surface area (Å²) < 4.78 is 10.8. The number of carbonyl (C=O) groups is 1. The van der Waals surface area contributed by atoms with Crippen molar-refractivity contribution in [2.24, 2.45) is 0 Å². The summed E-state index contributed by atoms with van der Waals surface area (Å²) in [6.45, 7) is 19.2. The van der Waals surface area contributed by atoms with E-state index >= 15 is 0 Å². The van der Waals surface area contributed by atoms with Crippen molar-refractivity contribution in [1.82, 2.24) is 0 Å². The van der Waals surface area contributed by atoms with Crippen molar-refractivity contribution in [3.05, 3.63) is 41.0 Å². The van der Waals surface area contributed by atoms with E-state index in [0.717, 1.165) is 42.4 Å². The van der Waals surface area contributed by atoms with E-state index in [4.69, 9.17) is 9.47 Å². The molecule has 0 saturated carbocycles. The summed E-state index contributed by atoms with van der Waals surface area (Å²) in [5.74, 6) is 0.0199. The zero-order chi connectivity index (χ0) is 22.2. The zero-order valence-electron chi connectivity index (χ0n) is 19.5. The Morgan fingerprint density at radius 3 is 1.90 bits per heavy atom. The molecule has 1 rings (SSSR count). The predicted octanol–water partition coefficient (Wildman–Crippen LogP) is 6.18. The van der Waals surface area contributed by atoms with Crippen LogP contribution in [0.25, 0.3) is 0 Å². The van der Waals surface area contributed by atoms with Crippen LogP contribution in [-0.2, 0) is 31.7 Å². The molecule has 4 nitrogen and oxygen atoms in total. The standard InChI is InChI=1S/C25H40O4/c1-9-11-24(5,6)20-15-19(17-28-13-14-29-23(27)18(3)4)16-21(22(20)26)25(7,8)12-10-2/h15-16,26H,3,9-14,17H2,1-2,4-8H3. The van der Waals surface area contributed by atoms with Crippen LogP contribution in [0.15, 0.2) is 24.3 Å². The van der Waals surface area contributed by atoms with Gasteiger partial charge in [0, 0.05) is 16.7 Å². The molecule has 0 spiro atoms. The van der Waals surface area contributed by atoms with E-state index < -0.39 is 5.97 Å². The highest BCUT2D eigenvalue weighted by Crippen LogP contribution is 2.43. The Kier molecular flexibility index (Phi) is 9.41. The number of rotatable bonds is 12. The van der Waals surface area contributed by atoms with Gasteiger partial charge < -0.3 is 14.6 Å². The average molecular weight is 405 g/mol. The number of carbonyl (C=O) groups excluding carboxylic acids is 1. The molecule has 0 fully saturated rings. The van der Waals surface area contributed by atoms with Crippen molar-refractivity contribution in [1.29, 1.82) is 0 Å².